The van der Waals surface area contributed by atoms with E-state index < -0.39 is 0 Å². The monoisotopic (exact) mass is 454 g/mol. The van der Waals surface area contributed by atoms with Crippen molar-refractivity contribution >= 4 is 23.4 Å². The van der Waals surface area contributed by atoms with Gasteiger partial charge in [0.2, 0.25) is 5.91 Å². The molecular formula is C23H34N8O2. The molecule has 1 aliphatic carbocycles. The molecule has 10 nitrogen and oxygen atoms in total. The average Bonchev–Trinajstić information content (AvgIpc) is 3.33. The lowest BCUT2D eigenvalue weighted by molar-refractivity contribution is -0.137. The number of amides is 3. The van der Waals surface area contributed by atoms with Gasteiger partial charge in [-0.3, -0.25) is 4.79 Å². The second-order valence-corrected chi connectivity index (χ2v) is 9.64. The van der Waals surface area contributed by atoms with E-state index in [4.69, 9.17) is 0 Å². The summed E-state index contributed by atoms with van der Waals surface area (Å²) < 4.78 is 1.68. The summed E-state index contributed by atoms with van der Waals surface area (Å²) in [7, 11) is 0. The van der Waals surface area contributed by atoms with Gasteiger partial charge in [-0.15, -0.1) is 15.3 Å². The number of nitrogens with zero attached hydrogens (tertiary/aromatic N) is 6. The van der Waals surface area contributed by atoms with Crippen LogP contribution in [0.15, 0.2) is 18.5 Å². The van der Waals surface area contributed by atoms with Crippen LogP contribution in [0.4, 0.5) is 10.6 Å². The Kier molecular flexibility index (Phi) is 6.59. The van der Waals surface area contributed by atoms with E-state index in [1.54, 1.807) is 10.8 Å². The standard InChI is InChI=1S/C23H34N8O2/c32-22(17-8-12-29(13-9-17)21-7-6-20-27-24-16-31(20)28-21)30-14-10-19(11-15-30)26-23(33)25-18-4-2-1-3-5-18/h6-7,16-19H,1-5,8-15H2,(H2,25,26,33). The first-order valence-electron chi connectivity index (χ1n) is 12.4. The van der Waals surface area contributed by atoms with Crippen LogP contribution < -0.4 is 15.5 Å². The fourth-order valence-electron chi connectivity index (χ4n) is 5.40. The van der Waals surface area contributed by atoms with E-state index in [0.29, 0.717) is 6.04 Å². The number of hydrogen-bond donors (Lipinski definition) is 2. The molecule has 0 atom stereocenters. The highest BCUT2D eigenvalue weighted by molar-refractivity contribution is 5.79. The van der Waals surface area contributed by atoms with Gasteiger partial charge in [-0.1, -0.05) is 19.3 Å². The molecule has 2 aromatic rings. The topological polar surface area (TPSA) is 108 Å². The highest BCUT2D eigenvalue weighted by atomic mass is 16.2. The number of piperidine rings is 2. The minimum absolute atomic E-state index is 0.0441. The zero-order chi connectivity index (χ0) is 22.6. The fraction of sp³-hybridized carbons (Fsp3) is 0.696. The third-order valence-electron chi connectivity index (χ3n) is 7.40. The van der Waals surface area contributed by atoms with Crippen LogP contribution in [-0.4, -0.2) is 74.9 Å². The van der Waals surface area contributed by atoms with Crippen LogP contribution in [0.3, 0.4) is 0 Å². The third-order valence-corrected chi connectivity index (χ3v) is 7.40. The Morgan fingerprint density at radius 3 is 2.27 bits per heavy atom. The number of fused-ring (bicyclic) bond motifs is 1. The second kappa shape index (κ2) is 9.93. The molecule has 2 N–H and O–H groups in total. The number of hydrogen-bond acceptors (Lipinski definition) is 6. The quantitative estimate of drug-likeness (QED) is 0.731. The third kappa shape index (κ3) is 5.20. The summed E-state index contributed by atoms with van der Waals surface area (Å²) in [6, 6.07) is 4.31. The lowest BCUT2D eigenvalue weighted by Gasteiger charge is -2.37. The number of carbonyl (C=O) groups is 2. The van der Waals surface area contributed by atoms with Crippen LogP contribution in [0.2, 0.25) is 0 Å². The Labute approximate surface area is 194 Å². The summed E-state index contributed by atoms with van der Waals surface area (Å²) >= 11 is 0. The maximum atomic E-state index is 13.1. The molecular weight excluding hydrogens is 420 g/mol. The number of nitrogens with one attached hydrogen (secondary N) is 2. The summed E-state index contributed by atoms with van der Waals surface area (Å²) in [5.74, 6) is 1.23. The molecule has 2 saturated heterocycles. The number of anilines is 1. The molecule has 33 heavy (non-hydrogen) atoms. The van der Waals surface area contributed by atoms with Gasteiger partial charge in [0.25, 0.3) is 0 Å². The molecule has 0 aromatic carbocycles. The number of carbonyl (C=O) groups excluding carboxylic acids is 2. The summed E-state index contributed by atoms with van der Waals surface area (Å²) in [6.45, 7) is 3.07. The van der Waals surface area contributed by atoms with Crippen molar-refractivity contribution in [3.63, 3.8) is 0 Å². The van der Waals surface area contributed by atoms with Crippen LogP contribution in [0.5, 0.6) is 0 Å². The lowest BCUT2D eigenvalue weighted by Crippen LogP contribution is -2.52. The summed E-state index contributed by atoms with van der Waals surface area (Å²) in [5.41, 5.74) is 0.730. The maximum absolute atomic E-state index is 13.1. The maximum Gasteiger partial charge on any atom is 0.315 e. The SMILES string of the molecule is O=C(NC1CCCCC1)NC1CCN(C(=O)C2CCN(c3ccc4nncn4n3)CC2)CC1. The van der Waals surface area contributed by atoms with Gasteiger partial charge in [0.15, 0.2) is 5.65 Å². The highest BCUT2D eigenvalue weighted by Gasteiger charge is 2.32. The van der Waals surface area contributed by atoms with Gasteiger partial charge in [-0.25, -0.2) is 4.79 Å². The predicted octanol–water partition coefficient (Wildman–Crippen LogP) is 1.96. The fourth-order valence-corrected chi connectivity index (χ4v) is 5.40. The number of likely N-dealkylation sites (tertiary alicyclic amines) is 1. The van der Waals surface area contributed by atoms with Gasteiger partial charge >= 0.3 is 6.03 Å². The van der Waals surface area contributed by atoms with Crippen molar-refractivity contribution in [2.24, 2.45) is 5.92 Å². The van der Waals surface area contributed by atoms with Crippen molar-refractivity contribution in [2.75, 3.05) is 31.1 Å². The molecule has 0 bridgehead atoms. The van der Waals surface area contributed by atoms with Crippen molar-refractivity contribution in [1.29, 1.82) is 0 Å². The molecule has 0 radical (unpaired) electrons. The minimum atomic E-state index is -0.0441. The van der Waals surface area contributed by atoms with Crippen molar-refractivity contribution in [2.45, 2.75) is 69.9 Å². The average molecular weight is 455 g/mol. The molecule has 2 aromatic heterocycles. The predicted molar refractivity (Wildman–Crippen MR) is 124 cm³/mol. The first-order chi connectivity index (χ1) is 16.2. The van der Waals surface area contributed by atoms with E-state index in [1.807, 2.05) is 17.0 Å². The Morgan fingerprint density at radius 2 is 1.55 bits per heavy atom. The first-order valence-corrected chi connectivity index (χ1v) is 12.4. The molecule has 178 valence electrons. The summed E-state index contributed by atoms with van der Waals surface area (Å²) in [5, 5.41) is 18.7. The molecule has 4 heterocycles. The van der Waals surface area contributed by atoms with Crippen LogP contribution >= 0.6 is 0 Å². The van der Waals surface area contributed by atoms with Gasteiger partial charge in [0.05, 0.1) is 0 Å². The van der Waals surface area contributed by atoms with E-state index in [-0.39, 0.29) is 23.9 Å². The molecule has 3 aliphatic rings. The summed E-state index contributed by atoms with van der Waals surface area (Å²) in [6.07, 6.45) is 10.8. The summed E-state index contributed by atoms with van der Waals surface area (Å²) in [4.78, 5) is 29.7. The Morgan fingerprint density at radius 1 is 0.848 bits per heavy atom. The van der Waals surface area contributed by atoms with E-state index in [2.05, 4.69) is 30.8 Å². The second-order valence-electron chi connectivity index (χ2n) is 9.64. The Hall–Kier alpha value is -2.91. The normalized spacial score (nSPS) is 21.3. The Bertz CT molecular complexity index is 956. The smallest absolute Gasteiger partial charge is 0.315 e. The van der Waals surface area contributed by atoms with Crippen LogP contribution in [-0.2, 0) is 4.79 Å². The largest absolute Gasteiger partial charge is 0.355 e. The van der Waals surface area contributed by atoms with Gasteiger partial charge in [0, 0.05) is 44.2 Å². The molecule has 0 unspecified atom stereocenters. The van der Waals surface area contributed by atoms with Gasteiger partial charge in [-0.05, 0) is 50.7 Å². The van der Waals surface area contributed by atoms with E-state index >= 15 is 0 Å². The number of urea groups is 1. The Balaban J connectivity index is 1.05. The van der Waals surface area contributed by atoms with Crippen molar-refractivity contribution in [3.05, 3.63) is 18.5 Å². The van der Waals surface area contributed by atoms with Crippen LogP contribution in [0.25, 0.3) is 5.65 Å². The zero-order valence-electron chi connectivity index (χ0n) is 19.2. The minimum Gasteiger partial charge on any atom is -0.355 e. The molecule has 0 spiro atoms. The molecule has 5 rings (SSSR count). The van der Waals surface area contributed by atoms with Gasteiger partial charge in [0.1, 0.15) is 12.1 Å². The number of rotatable bonds is 4. The van der Waals surface area contributed by atoms with Crippen LogP contribution in [0, 0.1) is 5.92 Å². The van der Waals surface area contributed by atoms with E-state index in [1.165, 1.54) is 19.3 Å². The zero-order valence-corrected chi connectivity index (χ0v) is 19.2. The molecule has 3 amide bonds. The molecule has 2 aliphatic heterocycles. The molecule has 1 saturated carbocycles. The molecule has 10 heteroatoms. The van der Waals surface area contributed by atoms with Crippen molar-refractivity contribution < 1.29 is 9.59 Å². The van der Waals surface area contributed by atoms with E-state index in [9.17, 15) is 9.59 Å². The van der Waals surface area contributed by atoms with Gasteiger partial charge in [-0.2, -0.15) is 4.52 Å². The van der Waals surface area contributed by atoms with Crippen molar-refractivity contribution in [1.82, 2.24) is 35.3 Å². The molecule has 3 fully saturated rings. The lowest BCUT2D eigenvalue weighted by atomic mass is 9.93. The van der Waals surface area contributed by atoms with Crippen LogP contribution in [0.1, 0.15) is 57.8 Å². The first kappa shape index (κ1) is 21.9. The van der Waals surface area contributed by atoms with Crippen molar-refractivity contribution in [3.8, 4) is 0 Å². The number of aromatic nitrogens is 4. The van der Waals surface area contributed by atoms with E-state index in [0.717, 1.165) is 76.2 Å². The highest BCUT2D eigenvalue weighted by Crippen LogP contribution is 2.25. The van der Waals surface area contributed by atoms with Gasteiger partial charge < -0.3 is 20.4 Å².